The first-order valence-electron chi connectivity index (χ1n) is 5.77. The van der Waals surface area contributed by atoms with E-state index in [9.17, 15) is 9.18 Å². The van der Waals surface area contributed by atoms with Crippen molar-refractivity contribution in [3.8, 4) is 5.69 Å². The minimum Gasteiger partial charge on any atom is -0.481 e. The summed E-state index contributed by atoms with van der Waals surface area (Å²) >= 11 is 4.38. The fourth-order valence-electron chi connectivity index (χ4n) is 1.65. The van der Waals surface area contributed by atoms with E-state index in [0.29, 0.717) is 27.6 Å². The zero-order valence-electron chi connectivity index (χ0n) is 10.5. The number of aromatic nitrogens is 3. The van der Waals surface area contributed by atoms with Crippen molar-refractivity contribution in [3.05, 3.63) is 34.3 Å². The molecule has 1 heterocycles. The van der Waals surface area contributed by atoms with Crippen molar-refractivity contribution < 1.29 is 14.3 Å². The number of halogens is 2. The van der Waals surface area contributed by atoms with E-state index in [-0.39, 0.29) is 11.6 Å². The molecule has 0 unspecified atom stereocenters. The quantitative estimate of drug-likeness (QED) is 0.831. The summed E-state index contributed by atoms with van der Waals surface area (Å²) in [5.41, 5.74) is 0.682. The van der Waals surface area contributed by atoms with E-state index in [1.54, 1.807) is 10.6 Å². The molecule has 0 atom stereocenters. The molecule has 1 aromatic carbocycles. The fraction of sp³-hybridized carbons (Fsp3) is 0.250. The number of carboxylic acids is 1. The normalized spacial score (nSPS) is 10.8. The van der Waals surface area contributed by atoms with E-state index in [1.807, 2.05) is 6.92 Å². The van der Waals surface area contributed by atoms with E-state index in [2.05, 4.69) is 26.1 Å². The Balaban J connectivity index is 2.47. The summed E-state index contributed by atoms with van der Waals surface area (Å²) in [6.07, 6.45) is 0.629. The molecule has 0 saturated carbocycles. The van der Waals surface area contributed by atoms with Crippen LogP contribution < -0.4 is 0 Å². The first-order valence-corrected chi connectivity index (χ1v) is 7.55. The van der Waals surface area contributed by atoms with Crippen molar-refractivity contribution in [1.29, 1.82) is 0 Å². The van der Waals surface area contributed by atoms with Gasteiger partial charge in [0.15, 0.2) is 5.16 Å². The van der Waals surface area contributed by atoms with Crippen LogP contribution in [0.25, 0.3) is 5.69 Å². The summed E-state index contributed by atoms with van der Waals surface area (Å²) in [5, 5.41) is 17.3. The van der Waals surface area contributed by atoms with Gasteiger partial charge in [0, 0.05) is 10.9 Å². The average Bonchev–Trinajstić information content (AvgIpc) is 2.79. The van der Waals surface area contributed by atoms with Crippen LogP contribution in [0.3, 0.4) is 0 Å². The highest BCUT2D eigenvalue weighted by Gasteiger charge is 2.16. The van der Waals surface area contributed by atoms with Crippen LogP contribution in [0, 0.1) is 5.82 Å². The van der Waals surface area contributed by atoms with Crippen molar-refractivity contribution in [1.82, 2.24) is 14.8 Å². The molecule has 1 aromatic heterocycles. The number of carboxylic acid groups (broad SMARTS) is 1. The van der Waals surface area contributed by atoms with Gasteiger partial charge in [-0.1, -0.05) is 18.7 Å². The predicted octanol–water partition coefficient (Wildman–Crippen LogP) is 2.91. The number of thioether (sulfide) groups is 1. The maximum absolute atomic E-state index is 13.2. The molecule has 106 valence electrons. The molecule has 0 saturated heterocycles. The van der Waals surface area contributed by atoms with E-state index < -0.39 is 5.97 Å². The van der Waals surface area contributed by atoms with Gasteiger partial charge in [-0.05, 0) is 34.1 Å². The lowest BCUT2D eigenvalue weighted by Gasteiger charge is -2.10. The number of aryl methyl sites for hydroxylation is 1. The van der Waals surface area contributed by atoms with Crippen LogP contribution in [0.1, 0.15) is 12.7 Å². The molecule has 0 aliphatic rings. The lowest BCUT2D eigenvalue weighted by Crippen LogP contribution is -2.05. The number of carbonyl (C=O) groups is 1. The largest absolute Gasteiger partial charge is 0.481 e. The van der Waals surface area contributed by atoms with Crippen LogP contribution in [0.5, 0.6) is 0 Å². The highest BCUT2D eigenvalue weighted by atomic mass is 79.9. The second-order valence-corrected chi connectivity index (χ2v) is 5.66. The van der Waals surface area contributed by atoms with Gasteiger partial charge >= 0.3 is 5.97 Å². The van der Waals surface area contributed by atoms with E-state index in [4.69, 9.17) is 5.11 Å². The van der Waals surface area contributed by atoms with Crippen molar-refractivity contribution in [2.45, 2.75) is 18.5 Å². The van der Waals surface area contributed by atoms with Crippen LogP contribution in [0.15, 0.2) is 27.8 Å². The Morgan fingerprint density at radius 3 is 2.85 bits per heavy atom. The minimum atomic E-state index is -0.930. The Morgan fingerprint density at radius 1 is 1.50 bits per heavy atom. The molecule has 20 heavy (non-hydrogen) atoms. The number of hydrogen-bond acceptors (Lipinski definition) is 4. The van der Waals surface area contributed by atoms with Crippen molar-refractivity contribution >= 4 is 33.7 Å². The van der Waals surface area contributed by atoms with Gasteiger partial charge in [0.25, 0.3) is 0 Å². The maximum Gasteiger partial charge on any atom is 0.313 e. The van der Waals surface area contributed by atoms with Crippen LogP contribution in [0.2, 0.25) is 0 Å². The van der Waals surface area contributed by atoms with Gasteiger partial charge in [-0.15, -0.1) is 10.2 Å². The lowest BCUT2D eigenvalue weighted by atomic mass is 10.3. The Kier molecular flexibility index (Phi) is 4.77. The van der Waals surface area contributed by atoms with Gasteiger partial charge in [0.2, 0.25) is 0 Å². The highest BCUT2D eigenvalue weighted by molar-refractivity contribution is 9.10. The summed E-state index contributed by atoms with van der Waals surface area (Å²) < 4.78 is 15.5. The van der Waals surface area contributed by atoms with Crippen molar-refractivity contribution in [3.63, 3.8) is 0 Å². The summed E-state index contributed by atoms with van der Waals surface area (Å²) in [4.78, 5) is 10.7. The number of nitrogens with zero attached hydrogens (tertiary/aromatic N) is 3. The molecule has 0 fully saturated rings. The first kappa shape index (κ1) is 15.0. The average molecular weight is 360 g/mol. The maximum atomic E-state index is 13.2. The Hall–Kier alpha value is -1.41. The van der Waals surface area contributed by atoms with Crippen molar-refractivity contribution in [2.75, 3.05) is 5.75 Å². The third-order valence-corrected chi connectivity index (χ3v) is 4.04. The molecule has 2 aromatic rings. The second-order valence-electron chi connectivity index (χ2n) is 3.87. The molecule has 0 amide bonds. The summed E-state index contributed by atoms with van der Waals surface area (Å²) in [7, 11) is 0. The molecular weight excluding hydrogens is 349 g/mol. The second kappa shape index (κ2) is 6.36. The first-order chi connectivity index (χ1) is 9.52. The van der Waals surface area contributed by atoms with Crippen LogP contribution in [-0.2, 0) is 11.2 Å². The predicted molar refractivity (Wildman–Crippen MR) is 76.8 cm³/mol. The topological polar surface area (TPSA) is 68.0 Å². The monoisotopic (exact) mass is 359 g/mol. The molecule has 8 heteroatoms. The number of aliphatic carboxylic acids is 1. The molecule has 0 aliphatic heterocycles. The van der Waals surface area contributed by atoms with Gasteiger partial charge in [-0.2, -0.15) is 0 Å². The molecule has 0 radical (unpaired) electrons. The lowest BCUT2D eigenvalue weighted by molar-refractivity contribution is -0.133. The molecule has 5 nitrogen and oxygen atoms in total. The number of benzene rings is 1. The molecule has 1 N–H and O–H groups in total. The van der Waals surface area contributed by atoms with Crippen LogP contribution in [0.4, 0.5) is 4.39 Å². The minimum absolute atomic E-state index is 0.110. The van der Waals surface area contributed by atoms with Gasteiger partial charge in [0.05, 0.1) is 11.4 Å². The molecule has 0 spiro atoms. The van der Waals surface area contributed by atoms with E-state index in [0.717, 1.165) is 11.8 Å². The number of hydrogen-bond donors (Lipinski definition) is 1. The Morgan fingerprint density at radius 2 is 2.25 bits per heavy atom. The summed E-state index contributed by atoms with van der Waals surface area (Å²) in [6.45, 7) is 1.92. The third kappa shape index (κ3) is 3.18. The Bertz CT molecular complexity index is 648. The molecule has 2 rings (SSSR count). The van der Waals surface area contributed by atoms with Crippen molar-refractivity contribution in [2.24, 2.45) is 0 Å². The van der Waals surface area contributed by atoms with Crippen LogP contribution >= 0.6 is 27.7 Å². The fourth-order valence-corrected chi connectivity index (χ4v) is 2.87. The zero-order valence-corrected chi connectivity index (χ0v) is 12.9. The number of rotatable bonds is 5. The summed E-state index contributed by atoms with van der Waals surface area (Å²) in [6, 6.07) is 4.29. The van der Waals surface area contributed by atoms with Gasteiger partial charge in [-0.25, -0.2) is 4.39 Å². The SMILES string of the molecule is CCc1nnc(SCC(=O)O)n1-c1ccc(F)cc1Br. The van der Waals surface area contributed by atoms with Crippen LogP contribution in [-0.4, -0.2) is 31.6 Å². The van der Waals surface area contributed by atoms with Gasteiger partial charge in [0.1, 0.15) is 11.6 Å². The standard InChI is InChI=1S/C12H11BrFN3O2S/c1-2-10-15-16-12(20-6-11(18)19)17(10)9-4-3-7(14)5-8(9)13/h3-5H,2,6H2,1H3,(H,18,19). The smallest absolute Gasteiger partial charge is 0.313 e. The highest BCUT2D eigenvalue weighted by Crippen LogP contribution is 2.28. The Labute approximate surface area is 127 Å². The zero-order chi connectivity index (χ0) is 14.7. The molecule has 0 aliphatic carbocycles. The molecule has 0 bridgehead atoms. The van der Waals surface area contributed by atoms with E-state index >= 15 is 0 Å². The summed E-state index contributed by atoms with van der Waals surface area (Å²) in [5.74, 6) is -0.710. The van der Waals surface area contributed by atoms with E-state index in [1.165, 1.54) is 12.1 Å². The molecular formula is C12H11BrFN3O2S. The third-order valence-electron chi connectivity index (χ3n) is 2.49. The van der Waals surface area contributed by atoms with Gasteiger partial charge < -0.3 is 5.11 Å². The van der Waals surface area contributed by atoms with Gasteiger partial charge in [-0.3, -0.25) is 9.36 Å².